The van der Waals surface area contributed by atoms with E-state index < -0.39 is 18.0 Å². The van der Waals surface area contributed by atoms with Crippen LogP contribution in [0.5, 0.6) is 0 Å². The molecule has 1 heterocycles. The van der Waals surface area contributed by atoms with Gasteiger partial charge in [0.15, 0.2) is 5.13 Å². The van der Waals surface area contributed by atoms with E-state index in [1.54, 1.807) is 20.0 Å². The van der Waals surface area contributed by atoms with Crippen LogP contribution >= 0.6 is 11.3 Å². The maximum atomic E-state index is 11.5. The van der Waals surface area contributed by atoms with Crippen LogP contribution in [0.1, 0.15) is 18.7 Å². The van der Waals surface area contributed by atoms with Gasteiger partial charge in [-0.2, -0.15) is 0 Å². The van der Waals surface area contributed by atoms with Crippen LogP contribution in [0.3, 0.4) is 0 Å². The van der Waals surface area contributed by atoms with Gasteiger partial charge in [-0.15, -0.1) is 11.3 Å². The van der Waals surface area contributed by atoms with Crippen LogP contribution in [0, 0.1) is 12.8 Å². The third-order valence-corrected chi connectivity index (χ3v) is 2.89. The van der Waals surface area contributed by atoms with Gasteiger partial charge in [0, 0.05) is 11.1 Å². The Bertz CT molecular complexity index is 417. The third kappa shape index (κ3) is 4.03. The number of aliphatic carboxylic acids is 1. The first-order chi connectivity index (χ1) is 7.90. The number of carboxylic acid groups (broad SMARTS) is 1. The molecule has 0 aromatic carbocycles. The second-order valence-corrected chi connectivity index (χ2v) is 5.17. The number of nitrogens with one attached hydrogen (secondary N) is 2. The fraction of sp³-hybridized carbons (Fsp3) is 0.500. The number of carbonyl (C=O) groups is 2. The van der Waals surface area contributed by atoms with Gasteiger partial charge in [0.1, 0.15) is 6.04 Å². The SMILES string of the molecule is Cc1cnc(NC(=O)NC(C(=O)O)C(C)C)s1. The van der Waals surface area contributed by atoms with Crippen molar-refractivity contribution in [1.82, 2.24) is 10.3 Å². The zero-order chi connectivity index (χ0) is 13.0. The summed E-state index contributed by atoms with van der Waals surface area (Å²) in [6.45, 7) is 5.33. The third-order valence-electron chi connectivity index (χ3n) is 2.06. The van der Waals surface area contributed by atoms with Gasteiger partial charge in [-0.25, -0.2) is 14.6 Å². The van der Waals surface area contributed by atoms with E-state index >= 15 is 0 Å². The molecule has 7 heteroatoms. The van der Waals surface area contributed by atoms with Gasteiger partial charge in [-0.3, -0.25) is 5.32 Å². The van der Waals surface area contributed by atoms with Crippen LogP contribution in [0.4, 0.5) is 9.93 Å². The summed E-state index contributed by atoms with van der Waals surface area (Å²) >= 11 is 1.33. The van der Waals surface area contributed by atoms with Crippen LogP contribution in [0.15, 0.2) is 6.20 Å². The van der Waals surface area contributed by atoms with E-state index in [-0.39, 0.29) is 5.92 Å². The Morgan fingerprint density at radius 1 is 1.47 bits per heavy atom. The Hall–Kier alpha value is -1.63. The van der Waals surface area contributed by atoms with Crippen molar-refractivity contribution in [2.45, 2.75) is 26.8 Å². The molecule has 0 aliphatic carbocycles. The normalized spacial score (nSPS) is 12.2. The lowest BCUT2D eigenvalue weighted by Crippen LogP contribution is -2.46. The second-order valence-electron chi connectivity index (χ2n) is 3.93. The number of urea groups is 1. The van der Waals surface area contributed by atoms with Gasteiger partial charge in [-0.1, -0.05) is 13.8 Å². The van der Waals surface area contributed by atoms with E-state index in [2.05, 4.69) is 15.6 Å². The number of amides is 2. The number of hydrogen-bond acceptors (Lipinski definition) is 4. The molecule has 2 amide bonds. The topological polar surface area (TPSA) is 91.3 Å². The molecule has 1 unspecified atom stereocenters. The van der Waals surface area contributed by atoms with Gasteiger partial charge >= 0.3 is 12.0 Å². The molecule has 94 valence electrons. The molecule has 0 spiro atoms. The Morgan fingerprint density at radius 2 is 2.12 bits per heavy atom. The van der Waals surface area contributed by atoms with Crippen LogP contribution in [-0.4, -0.2) is 28.1 Å². The first-order valence-electron chi connectivity index (χ1n) is 5.13. The summed E-state index contributed by atoms with van der Waals surface area (Å²) in [6.07, 6.45) is 1.64. The Kier molecular flexibility index (Phi) is 4.45. The highest BCUT2D eigenvalue weighted by Crippen LogP contribution is 2.16. The lowest BCUT2D eigenvalue weighted by molar-refractivity contribution is -0.140. The summed E-state index contributed by atoms with van der Waals surface area (Å²) in [5, 5.41) is 14.2. The molecule has 1 rings (SSSR count). The minimum Gasteiger partial charge on any atom is -0.480 e. The van der Waals surface area contributed by atoms with Gasteiger partial charge in [0.25, 0.3) is 0 Å². The molecule has 0 bridgehead atoms. The van der Waals surface area contributed by atoms with Gasteiger partial charge in [0.2, 0.25) is 0 Å². The number of nitrogens with zero attached hydrogens (tertiary/aromatic N) is 1. The summed E-state index contributed by atoms with van der Waals surface area (Å²) in [6, 6.07) is -1.46. The van der Waals surface area contributed by atoms with Crippen molar-refractivity contribution in [3.8, 4) is 0 Å². The maximum Gasteiger partial charge on any atom is 0.326 e. The van der Waals surface area contributed by atoms with Gasteiger partial charge in [0.05, 0.1) is 0 Å². The number of hydrogen-bond donors (Lipinski definition) is 3. The summed E-state index contributed by atoms with van der Waals surface area (Å²) in [7, 11) is 0. The molecule has 6 nitrogen and oxygen atoms in total. The van der Waals surface area contributed by atoms with Crippen molar-refractivity contribution < 1.29 is 14.7 Å². The Labute approximate surface area is 103 Å². The summed E-state index contributed by atoms with van der Waals surface area (Å²) in [5.74, 6) is -1.23. The minimum absolute atomic E-state index is 0.184. The van der Waals surface area contributed by atoms with Crippen molar-refractivity contribution in [2.24, 2.45) is 5.92 Å². The summed E-state index contributed by atoms with van der Waals surface area (Å²) in [5.41, 5.74) is 0. The lowest BCUT2D eigenvalue weighted by Gasteiger charge is -2.17. The molecular weight excluding hydrogens is 242 g/mol. The molecule has 0 aliphatic rings. The fourth-order valence-electron chi connectivity index (χ4n) is 1.20. The zero-order valence-corrected chi connectivity index (χ0v) is 10.7. The van der Waals surface area contributed by atoms with E-state index in [0.29, 0.717) is 5.13 Å². The predicted octanol–water partition coefficient (Wildman–Crippen LogP) is 1.68. The molecule has 0 saturated carbocycles. The molecule has 0 saturated heterocycles. The number of carboxylic acids is 1. The summed E-state index contributed by atoms with van der Waals surface area (Å²) in [4.78, 5) is 27.3. The smallest absolute Gasteiger partial charge is 0.326 e. The largest absolute Gasteiger partial charge is 0.480 e. The number of carbonyl (C=O) groups excluding carboxylic acids is 1. The van der Waals surface area contributed by atoms with Gasteiger partial charge < -0.3 is 10.4 Å². The van der Waals surface area contributed by atoms with E-state index in [1.165, 1.54) is 11.3 Å². The Balaban J connectivity index is 2.56. The highest BCUT2D eigenvalue weighted by molar-refractivity contribution is 7.15. The van der Waals surface area contributed by atoms with Crippen LogP contribution in [0.25, 0.3) is 0 Å². The standard InChI is InChI=1S/C10H15N3O3S/c1-5(2)7(8(14)15)12-9(16)13-10-11-4-6(3)17-10/h4-5,7H,1-3H3,(H,14,15)(H2,11,12,13,16). The number of aryl methyl sites for hydroxylation is 1. The zero-order valence-electron chi connectivity index (χ0n) is 9.85. The number of rotatable bonds is 4. The molecule has 0 fully saturated rings. The van der Waals surface area contributed by atoms with Crippen molar-refractivity contribution >= 4 is 28.5 Å². The lowest BCUT2D eigenvalue weighted by atomic mass is 10.1. The van der Waals surface area contributed by atoms with Crippen LogP contribution in [0.2, 0.25) is 0 Å². The highest BCUT2D eigenvalue weighted by atomic mass is 32.1. The molecule has 0 aliphatic heterocycles. The van der Waals surface area contributed by atoms with Gasteiger partial charge in [-0.05, 0) is 12.8 Å². The van der Waals surface area contributed by atoms with Crippen molar-refractivity contribution in [3.63, 3.8) is 0 Å². The molecule has 1 aromatic rings. The van der Waals surface area contributed by atoms with Crippen molar-refractivity contribution in [3.05, 3.63) is 11.1 Å². The molecule has 0 radical (unpaired) electrons. The highest BCUT2D eigenvalue weighted by Gasteiger charge is 2.23. The number of thiazole rings is 1. The molecule has 1 atom stereocenters. The Morgan fingerprint density at radius 3 is 2.53 bits per heavy atom. The molecule has 17 heavy (non-hydrogen) atoms. The second kappa shape index (κ2) is 5.62. The predicted molar refractivity (Wildman–Crippen MR) is 65.3 cm³/mol. The monoisotopic (exact) mass is 257 g/mol. The average Bonchev–Trinajstić information content (AvgIpc) is 2.59. The minimum atomic E-state index is -1.05. The van der Waals surface area contributed by atoms with E-state index in [0.717, 1.165) is 4.88 Å². The van der Waals surface area contributed by atoms with E-state index in [9.17, 15) is 9.59 Å². The van der Waals surface area contributed by atoms with Crippen molar-refractivity contribution in [1.29, 1.82) is 0 Å². The number of aromatic nitrogens is 1. The van der Waals surface area contributed by atoms with Crippen LogP contribution in [-0.2, 0) is 4.79 Å². The van der Waals surface area contributed by atoms with E-state index in [4.69, 9.17) is 5.11 Å². The van der Waals surface area contributed by atoms with E-state index in [1.807, 2.05) is 6.92 Å². The molecular formula is C10H15N3O3S. The molecule has 1 aromatic heterocycles. The summed E-state index contributed by atoms with van der Waals surface area (Å²) < 4.78 is 0. The average molecular weight is 257 g/mol. The van der Waals surface area contributed by atoms with Crippen molar-refractivity contribution in [2.75, 3.05) is 5.32 Å². The maximum absolute atomic E-state index is 11.5. The fourth-order valence-corrected chi connectivity index (χ4v) is 1.86. The number of anilines is 1. The molecule has 3 N–H and O–H groups in total. The first kappa shape index (κ1) is 13.4. The first-order valence-corrected chi connectivity index (χ1v) is 5.94. The quantitative estimate of drug-likeness (QED) is 0.765. The van der Waals surface area contributed by atoms with Crippen LogP contribution < -0.4 is 10.6 Å².